The van der Waals surface area contributed by atoms with Gasteiger partial charge >= 0.3 is 0 Å². The van der Waals surface area contributed by atoms with Crippen LogP contribution in [0.4, 0.5) is 0 Å². The Morgan fingerprint density at radius 3 is 2.50 bits per heavy atom. The van der Waals surface area contributed by atoms with E-state index in [0.717, 1.165) is 5.56 Å². The van der Waals surface area contributed by atoms with E-state index in [-0.39, 0.29) is 11.1 Å². The molecule has 2 rings (SSSR count). The van der Waals surface area contributed by atoms with Crippen molar-refractivity contribution >= 4 is 0 Å². The molecular weight excluding hydrogens is 254 g/mol. The maximum absolute atomic E-state index is 11.7. The molecule has 2 heterocycles. The SMILES string of the molecule is Cc1cnc(-c2nc(CNC(C)(C)C)cc(=O)[nH]2)nc1. The first kappa shape index (κ1) is 14.3. The number of hydrogen-bond acceptors (Lipinski definition) is 5. The second-order valence-corrected chi connectivity index (χ2v) is 5.77. The minimum absolute atomic E-state index is 0.0369. The summed E-state index contributed by atoms with van der Waals surface area (Å²) in [5, 5.41) is 3.30. The van der Waals surface area contributed by atoms with Gasteiger partial charge in [0, 0.05) is 30.5 Å². The number of aryl methyl sites for hydroxylation is 1. The molecule has 6 nitrogen and oxygen atoms in total. The molecule has 0 aliphatic heterocycles. The minimum Gasteiger partial charge on any atom is -0.306 e. The lowest BCUT2D eigenvalue weighted by atomic mass is 10.1. The van der Waals surface area contributed by atoms with E-state index in [1.807, 2.05) is 6.92 Å². The van der Waals surface area contributed by atoms with Crippen molar-refractivity contribution < 1.29 is 0 Å². The normalized spacial score (nSPS) is 11.6. The van der Waals surface area contributed by atoms with Gasteiger partial charge in [0.25, 0.3) is 5.56 Å². The fraction of sp³-hybridized carbons (Fsp3) is 0.429. The number of aromatic amines is 1. The first-order chi connectivity index (χ1) is 9.33. The maximum Gasteiger partial charge on any atom is 0.251 e. The van der Waals surface area contributed by atoms with Gasteiger partial charge in [-0.05, 0) is 33.3 Å². The number of rotatable bonds is 3. The summed E-state index contributed by atoms with van der Waals surface area (Å²) in [6, 6.07) is 1.48. The van der Waals surface area contributed by atoms with Crippen molar-refractivity contribution in [1.29, 1.82) is 0 Å². The molecule has 0 atom stereocenters. The monoisotopic (exact) mass is 273 g/mol. The van der Waals surface area contributed by atoms with Crippen molar-refractivity contribution in [3.05, 3.63) is 40.1 Å². The highest BCUT2D eigenvalue weighted by atomic mass is 16.1. The van der Waals surface area contributed by atoms with E-state index in [2.05, 4.69) is 46.0 Å². The molecule has 0 saturated heterocycles. The molecule has 6 heteroatoms. The third kappa shape index (κ3) is 3.96. The third-order valence-corrected chi connectivity index (χ3v) is 2.59. The van der Waals surface area contributed by atoms with E-state index >= 15 is 0 Å². The number of H-pyrrole nitrogens is 1. The molecule has 0 saturated carbocycles. The lowest BCUT2D eigenvalue weighted by Gasteiger charge is -2.20. The van der Waals surface area contributed by atoms with E-state index in [4.69, 9.17) is 0 Å². The summed E-state index contributed by atoms with van der Waals surface area (Å²) < 4.78 is 0. The quantitative estimate of drug-likeness (QED) is 0.883. The van der Waals surface area contributed by atoms with Gasteiger partial charge in [0.05, 0.1) is 5.69 Å². The molecule has 0 spiro atoms. The van der Waals surface area contributed by atoms with Gasteiger partial charge in [-0.25, -0.2) is 15.0 Å². The van der Waals surface area contributed by atoms with E-state index in [9.17, 15) is 4.79 Å². The van der Waals surface area contributed by atoms with Crippen LogP contribution in [-0.2, 0) is 6.54 Å². The van der Waals surface area contributed by atoms with Crippen molar-refractivity contribution in [3.8, 4) is 11.6 Å². The summed E-state index contributed by atoms with van der Waals surface area (Å²) in [5.74, 6) is 0.813. The molecule has 2 N–H and O–H groups in total. The van der Waals surface area contributed by atoms with Gasteiger partial charge < -0.3 is 10.3 Å². The Bertz CT molecular complexity index is 640. The molecule has 0 aromatic carbocycles. The average Bonchev–Trinajstić information content (AvgIpc) is 2.36. The van der Waals surface area contributed by atoms with Gasteiger partial charge in [-0.2, -0.15) is 0 Å². The van der Waals surface area contributed by atoms with E-state index < -0.39 is 0 Å². The second kappa shape index (κ2) is 5.50. The van der Waals surface area contributed by atoms with Crippen LogP contribution in [0.25, 0.3) is 11.6 Å². The van der Waals surface area contributed by atoms with E-state index in [1.54, 1.807) is 12.4 Å². The molecule has 0 amide bonds. The van der Waals surface area contributed by atoms with Crippen LogP contribution in [0.2, 0.25) is 0 Å². The number of hydrogen-bond donors (Lipinski definition) is 2. The Morgan fingerprint density at radius 1 is 1.25 bits per heavy atom. The standard InChI is InChI=1S/C14H19N5O/c1-9-6-15-12(16-7-9)13-18-10(5-11(20)19-13)8-17-14(2,3)4/h5-7,17H,8H2,1-4H3,(H,18,19,20). The van der Waals surface area contributed by atoms with Crippen LogP contribution >= 0.6 is 0 Å². The fourth-order valence-electron chi connectivity index (χ4n) is 1.57. The summed E-state index contributed by atoms with van der Waals surface area (Å²) >= 11 is 0. The van der Waals surface area contributed by atoms with Crippen LogP contribution in [0.15, 0.2) is 23.3 Å². The molecule has 0 radical (unpaired) electrons. The smallest absolute Gasteiger partial charge is 0.251 e. The van der Waals surface area contributed by atoms with Crippen LogP contribution in [0, 0.1) is 6.92 Å². The minimum atomic E-state index is -0.204. The lowest BCUT2D eigenvalue weighted by molar-refractivity contribution is 0.421. The third-order valence-electron chi connectivity index (χ3n) is 2.59. The van der Waals surface area contributed by atoms with Crippen LogP contribution in [0.3, 0.4) is 0 Å². The molecule has 20 heavy (non-hydrogen) atoms. The summed E-state index contributed by atoms with van der Waals surface area (Å²) in [6.45, 7) is 8.61. The lowest BCUT2D eigenvalue weighted by Crippen LogP contribution is -2.35. The average molecular weight is 273 g/mol. The Morgan fingerprint density at radius 2 is 1.90 bits per heavy atom. The molecular formula is C14H19N5O. The summed E-state index contributed by atoms with van der Waals surface area (Å²) in [7, 11) is 0. The highest BCUT2D eigenvalue weighted by Gasteiger charge is 2.11. The largest absolute Gasteiger partial charge is 0.306 e. The Kier molecular flexibility index (Phi) is 3.94. The van der Waals surface area contributed by atoms with Crippen molar-refractivity contribution in [3.63, 3.8) is 0 Å². The van der Waals surface area contributed by atoms with E-state index in [1.165, 1.54) is 6.07 Å². The summed E-state index contributed by atoms with van der Waals surface area (Å²) in [5.41, 5.74) is 1.39. The van der Waals surface area contributed by atoms with Crippen molar-refractivity contribution in [2.45, 2.75) is 39.8 Å². The molecule has 0 aliphatic rings. The topological polar surface area (TPSA) is 83.6 Å². The fourth-order valence-corrected chi connectivity index (χ4v) is 1.57. The Labute approximate surface area is 117 Å². The van der Waals surface area contributed by atoms with Gasteiger partial charge in [-0.1, -0.05) is 0 Å². The summed E-state index contributed by atoms with van der Waals surface area (Å²) in [4.78, 5) is 27.1. The second-order valence-electron chi connectivity index (χ2n) is 5.77. The summed E-state index contributed by atoms with van der Waals surface area (Å²) in [6.07, 6.45) is 3.39. The zero-order valence-corrected chi connectivity index (χ0v) is 12.2. The van der Waals surface area contributed by atoms with Gasteiger partial charge in [0.2, 0.25) is 0 Å². The Balaban J connectivity index is 2.29. The highest BCUT2D eigenvalue weighted by Crippen LogP contribution is 2.08. The number of aromatic nitrogens is 4. The Hall–Kier alpha value is -2.08. The first-order valence-electron chi connectivity index (χ1n) is 6.48. The molecule has 0 aliphatic carbocycles. The number of nitrogens with one attached hydrogen (secondary N) is 2. The van der Waals surface area contributed by atoms with Crippen molar-refractivity contribution in [2.24, 2.45) is 0 Å². The van der Waals surface area contributed by atoms with Crippen LogP contribution in [0.5, 0.6) is 0 Å². The predicted molar refractivity (Wildman–Crippen MR) is 77.2 cm³/mol. The van der Waals surface area contributed by atoms with Gasteiger partial charge in [-0.3, -0.25) is 4.79 Å². The van der Waals surface area contributed by atoms with Crippen LogP contribution in [-0.4, -0.2) is 25.5 Å². The highest BCUT2D eigenvalue weighted by molar-refractivity contribution is 5.42. The molecule has 2 aromatic heterocycles. The van der Waals surface area contributed by atoms with Crippen molar-refractivity contribution in [2.75, 3.05) is 0 Å². The number of nitrogens with zero attached hydrogens (tertiary/aromatic N) is 3. The predicted octanol–water partition coefficient (Wildman–Crippen LogP) is 1.42. The van der Waals surface area contributed by atoms with E-state index in [0.29, 0.717) is 23.9 Å². The first-order valence-corrected chi connectivity index (χ1v) is 6.48. The van der Waals surface area contributed by atoms with Gasteiger partial charge in [0.15, 0.2) is 11.6 Å². The van der Waals surface area contributed by atoms with Crippen molar-refractivity contribution in [1.82, 2.24) is 25.3 Å². The van der Waals surface area contributed by atoms with Crippen LogP contribution in [0.1, 0.15) is 32.0 Å². The molecule has 2 aromatic rings. The zero-order valence-electron chi connectivity index (χ0n) is 12.2. The molecule has 106 valence electrons. The van der Waals surface area contributed by atoms with Gasteiger partial charge in [0.1, 0.15) is 0 Å². The molecule has 0 unspecified atom stereocenters. The maximum atomic E-state index is 11.7. The van der Waals surface area contributed by atoms with Crippen LogP contribution < -0.4 is 10.9 Å². The van der Waals surface area contributed by atoms with Gasteiger partial charge in [-0.15, -0.1) is 0 Å². The molecule has 0 fully saturated rings. The zero-order chi connectivity index (χ0) is 14.8. The molecule has 0 bridgehead atoms.